The number of hydrogen-bond donors (Lipinski definition) is 10. The fourth-order valence-electron chi connectivity index (χ4n) is 13.7. The van der Waals surface area contributed by atoms with E-state index in [1.807, 2.05) is 13.8 Å². The Kier molecular flexibility index (Phi) is 11.5. The molecule has 2 heterocycles. The van der Waals surface area contributed by atoms with Crippen LogP contribution in [-0.2, 0) is 23.7 Å². The Bertz CT molecular complexity index is 1540. The zero-order valence-corrected chi connectivity index (χ0v) is 34.2. The van der Waals surface area contributed by atoms with Crippen molar-refractivity contribution in [1.82, 2.24) is 0 Å². The number of allylic oxidation sites excluding steroid dienone is 1. The second-order valence-electron chi connectivity index (χ2n) is 20.2. The molecule has 0 aromatic heterocycles. The van der Waals surface area contributed by atoms with Crippen LogP contribution >= 0.6 is 0 Å². The molecule has 0 bridgehead atoms. The fourth-order valence-corrected chi connectivity index (χ4v) is 13.7. The highest BCUT2D eigenvalue weighted by atomic mass is 16.7. The van der Waals surface area contributed by atoms with Gasteiger partial charge in [0.25, 0.3) is 0 Å². The van der Waals surface area contributed by atoms with Crippen LogP contribution in [0, 0.1) is 50.7 Å². The third kappa shape index (κ3) is 6.26. The number of fused-ring (bicyclic) bond motifs is 7. The highest BCUT2D eigenvalue weighted by Gasteiger charge is 2.72. The number of hydrogen-bond acceptors (Lipinski definition) is 15. The summed E-state index contributed by atoms with van der Waals surface area (Å²) in [4.78, 5) is 14.6. The van der Waals surface area contributed by atoms with E-state index >= 15 is 0 Å². The van der Waals surface area contributed by atoms with Gasteiger partial charge in [-0.1, -0.05) is 46.3 Å². The Morgan fingerprint density at radius 2 is 1.33 bits per heavy atom. The highest BCUT2D eigenvalue weighted by Crippen LogP contribution is 2.76. The molecule has 21 atom stereocenters. The molecule has 7 rings (SSSR count). The minimum atomic E-state index is -1.75. The minimum Gasteiger partial charge on any atom is -0.432 e. The molecule has 2 saturated heterocycles. The Labute approximate surface area is 335 Å². The van der Waals surface area contributed by atoms with Crippen molar-refractivity contribution in [3.8, 4) is 0 Å². The third-order valence-corrected chi connectivity index (χ3v) is 17.7. The molecular weight excluding hydrogens is 744 g/mol. The summed E-state index contributed by atoms with van der Waals surface area (Å²) in [6.07, 6.45) is -7.95. The Morgan fingerprint density at radius 3 is 1.95 bits per heavy atom. The largest absolute Gasteiger partial charge is 0.432 e. The summed E-state index contributed by atoms with van der Waals surface area (Å²) in [7, 11) is 0. The zero-order valence-electron chi connectivity index (χ0n) is 34.2. The molecule has 6 fully saturated rings. The van der Waals surface area contributed by atoms with Crippen molar-refractivity contribution in [1.29, 1.82) is 0 Å². The van der Waals surface area contributed by atoms with Crippen LogP contribution in [0.2, 0.25) is 0 Å². The lowest BCUT2D eigenvalue weighted by Crippen LogP contribution is -2.68. The van der Waals surface area contributed by atoms with Crippen LogP contribution in [0.4, 0.5) is 0 Å². The first kappa shape index (κ1) is 43.8. The normalized spacial score (nSPS) is 56.4. The van der Waals surface area contributed by atoms with Crippen LogP contribution in [0.5, 0.6) is 0 Å². The molecule has 0 radical (unpaired) electrons. The van der Waals surface area contributed by atoms with Gasteiger partial charge in [-0.15, -0.1) is 0 Å². The van der Waals surface area contributed by atoms with Gasteiger partial charge in [0.2, 0.25) is 6.29 Å². The van der Waals surface area contributed by atoms with Gasteiger partial charge in [0.05, 0.1) is 36.9 Å². The number of esters is 1. The summed E-state index contributed by atoms with van der Waals surface area (Å²) < 4.78 is 23.4. The molecule has 0 aromatic carbocycles. The van der Waals surface area contributed by atoms with Gasteiger partial charge in [-0.3, -0.25) is 4.79 Å². The van der Waals surface area contributed by atoms with Gasteiger partial charge in [0.1, 0.15) is 48.8 Å². The Hall–Kier alpha value is -1.31. The molecule has 2 aliphatic heterocycles. The molecule has 15 nitrogen and oxygen atoms in total. The maximum atomic E-state index is 14.6. The van der Waals surface area contributed by atoms with Crippen molar-refractivity contribution in [3.05, 3.63) is 11.6 Å². The second kappa shape index (κ2) is 14.9. The lowest BCUT2D eigenvalue weighted by atomic mass is 9.33. The van der Waals surface area contributed by atoms with Crippen molar-refractivity contribution in [2.24, 2.45) is 50.7 Å². The molecule has 10 N–H and O–H groups in total. The molecular formula is C42H68O15. The Balaban J connectivity index is 1.19. The third-order valence-electron chi connectivity index (χ3n) is 17.7. The average molecular weight is 813 g/mol. The lowest BCUT2D eigenvalue weighted by Gasteiger charge is -2.72. The van der Waals surface area contributed by atoms with E-state index in [0.29, 0.717) is 38.5 Å². The highest BCUT2D eigenvalue weighted by molar-refractivity contribution is 5.79. The number of carbonyl (C=O) groups is 1. The molecule has 0 amide bonds. The average Bonchev–Trinajstić information content (AvgIpc) is 3.17. The topological polar surface area (TPSA) is 256 Å². The zero-order chi connectivity index (χ0) is 41.8. The van der Waals surface area contributed by atoms with Crippen LogP contribution in [-0.4, -0.2) is 150 Å². The van der Waals surface area contributed by atoms with Crippen molar-refractivity contribution >= 4 is 5.97 Å². The molecule has 15 heteroatoms. The minimum absolute atomic E-state index is 0.00994. The van der Waals surface area contributed by atoms with Gasteiger partial charge in [0, 0.05) is 11.3 Å². The second-order valence-corrected chi connectivity index (χ2v) is 20.2. The number of aliphatic hydroxyl groups is 10. The number of rotatable bonds is 7. The van der Waals surface area contributed by atoms with Crippen molar-refractivity contribution < 1.29 is 74.8 Å². The summed E-state index contributed by atoms with van der Waals surface area (Å²) in [6, 6.07) is 0. The predicted octanol–water partition coefficient (Wildman–Crippen LogP) is 0.260. The molecule has 0 aromatic rings. The quantitative estimate of drug-likeness (QED) is 0.122. The van der Waals surface area contributed by atoms with Crippen LogP contribution in [0.3, 0.4) is 0 Å². The van der Waals surface area contributed by atoms with E-state index in [4.69, 9.17) is 18.9 Å². The van der Waals surface area contributed by atoms with Gasteiger partial charge < -0.3 is 70.0 Å². The summed E-state index contributed by atoms with van der Waals surface area (Å²) in [5.41, 5.74) is -3.21. The molecule has 5 aliphatic carbocycles. The predicted molar refractivity (Wildman–Crippen MR) is 200 cm³/mol. The van der Waals surface area contributed by atoms with Crippen molar-refractivity contribution in [2.75, 3.05) is 19.8 Å². The molecule has 57 heavy (non-hydrogen) atoms. The summed E-state index contributed by atoms with van der Waals surface area (Å²) in [5.74, 6) is -1.28. The molecule has 0 spiro atoms. The standard InChI is InChI=1S/C42H68O15/c1-20-9-14-42(36(52)57-35-32(51)30(49)28(47)23(18-44)56-35)16-15-39(4)21(33(42)41(20,6)53)7-8-25-37(2)12-11-26(45)38(3,24(37)10-13-40(25,39)5)19-54-34-31(50)29(48)27(46)22(17-43)55-34/h7,20,22-35,43-51,53H,8-19H2,1-6H3. The van der Waals surface area contributed by atoms with Gasteiger partial charge in [0.15, 0.2) is 6.29 Å². The first-order valence-corrected chi connectivity index (χ1v) is 21.1. The van der Waals surface area contributed by atoms with Gasteiger partial charge in [-0.05, 0) is 98.7 Å². The fraction of sp³-hybridized carbons (Fsp3) is 0.929. The summed E-state index contributed by atoms with van der Waals surface area (Å²) in [5, 5.41) is 107. The molecule has 4 saturated carbocycles. The smallest absolute Gasteiger partial charge is 0.315 e. The van der Waals surface area contributed by atoms with Gasteiger partial charge >= 0.3 is 5.97 Å². The SMILES string of the molecule is CC1CCC2(C(=O)OC3OC(CO)C(O)C(O)C3O)CCC3(C)C(=CCC4C5(C)CCC(O)C(C)(COC6OC(CO)C(O)C(O)C6O)C5CCC43C)C2C1(C)O. The maximum Gasteiger partial charge on any atom is 0.315 e. The van der Waals surface area contributed by atoms with E-state index < -0.39 is 114 Å². The van der Waals surface area contributed by atoms with Gasteiger partial charge in [-0.2, -0.15) is 0 Å². The van der Waals surface area contributed by atoms with E-state index in [-0.39, 0.29) is 35.2 Å². The van der Waals surface area contributed by atoms with Crippen LogP contribution in [0.1, 0.15) is 99.3 Å². The van der Waals surface area contributed by atoms with Gasteiger partial charge in [-0.25, -0.2) is 0 Å². The number of ether oxygens (including phenoxy) is 4. The van der Waals surface area contributed by atoms with E-state index in [1.54, 1.807) is 6.92 Å². The van der Waals surface area contributed by atoms with Crippen molar-refractivity contribution in [3.63, 3.8) is 0 Å². The molecule has 21 unspecified atom stereocenters. The Morgan fingerprint density at radius 1 is 0.737 bits per heavy atom. The van der Waals surface area contributed by atoms with Crippen molar-refractivity contribution in [2.45, 2.75) is 172 Å². The van der Waals surface area contributed by atoms with E-state index in [0.717, 1.165) is 24.8 Å². The van der Waals surface area contributed by atoms with E-state index in [1.165, 1.54) is 0 Å². The summed E-state index contributed by atoms with van der Waals surface area (Å²) >= 11 is 0. The summed E-state index contributed by atoms with van der Waals surface area (Å²) in [6.45, 7) is 11.5. The molecule has 326 valence electrons. The van der Waals surface area contributed by atoms with Crippen LogP contribution < -0.4 is 0 Å². The maximum absolute atomic E-state index is 14.6. The van der Waals surface area contributed by atoms with Crippen LogP contribution in [0.25, 0.3) is 0 Å². The number of aliphatic hydroxyl groups excluding tert-OH is 9. The van der Waals surface area contributed by atoms with E-state index in [2.05, 4.69) is 26.8 Å². The van der Waals surface area contributed by atoms with E-state index in [9.17, 15) is 55.9 Å². The number of carbonyl (C=O) groups excluding carboxylic acids is 1. The lowest BCUT2D eigenvalue weighted by molar-refractivity contribution is -0.315. The first-order valence-electron chi connectivity index (χ1n) is 21.1. The van der Waals surface area contributed by atoms with Crippen LogP contribution in [0.15, 0.2) is 11.6 Å². The first-order chi connectivity index (χ1) is 26.6. The molecule has 7 aliphatic rings. The monoisotopic (exact) mass is 812 g/mol.